The number of anilines is 2. The van der Waals surface area contributed by atoms with Crippen molar-refractivity contribution in [1.82, 2.24) is 14.8 Å². The third kappa shape index (κ3) is 3.51. The Labute approximate surface area is 163 Å². The van der Waals surface area contributed by atoms with Crippen molar-refractivity contribution in [3.05, 3.63) is 66.1 Å². The van der Waals surface area contributed by atoms with E-state index in [-0.39, 0.29) is 11.8 Å². The fourth-order valence-corrected chi connectivity index (χ4v) is 3.37. The predicted octanol–water partition coefficient (Wildman–Crippen LogP) is 3.34. The molecular formula is C21H21N5O2. The molecule has 3 heterocycles. The Kier molecular flexibility index (Phi) is 4.89. The van der Waals surface area contributed by atoms with Gasteiger partial charge in [0.15, 0.2) is 5.82 Å². The Morgan fingerprint density at radius 3 is 2.82 bits per heavy atom. The summed E-state index contributed by atoms with van der Waals surface area (Å²) < 4.78 is 1.64. The van der Waals surface area contributed by atoms with Crippen molar-refractivity contribution in [3.63, 3.8) is 0 Å². The Hall–Kier alpha value is -3.48. The molecule has 0 saturated carbocycles. The Balaban J connectivity index is 1.54. The van der Waals surface area contributed by atoms with E-state index < -0.39 is 0 Å². The van der Waals surface area contributed by atoms with E-state index in [1.807, 2.05) is 49.4 Å². The molecule has 4 rings (SSSR count). The summed E-state index contributed by atoms with van der Waals surface area (Å²) in [4.78, 5) is 31.0. The number of pyridine rings is 1. The van der Waals surface area contributed by atoms with Crippen molar-refractivity contribution in [1.29, 1.82) is 0 Å². The zero-order valence-electron chi connectivity index (χ0n) is 15.6. The van der Waals surface area contributed by atoms with Crippen LogP contribution in [0.25, 0.3) is 5.82 Å². The summed E-state index contributed by atoms with van der Waals surface area (Å²) in [5, 5.41) is 7.20. The van der Waals surface area contributed by atoms with E-state index in [2.05, 4.69) is 15.4 Å². The molecule has 1 aliphatic heterocycles. The molecule has 3 aromatic rings. The minimum atomic E-state index is -0.248. The number of nitrogens with zero attached hydrogens (tertiary/aromatic N) is 4. The molecule has 0 atom stereocenters. The van der Waals surface area contributed by atoms with E-state index in [0.29, 0.717) is 35.7 Å². The van der Waals surface area contributed by atoms with Crippen LogP contribution in [0.3, 0.4) is 0 Å². The molecule has 0 aliphatic carbocycles. The van der Waals surface area contributed by atoms with Crippen LogP contribution in [-0.4, -0.2) is 33.1 Å². The predicted molar refractivity (Wildman–Crippen MR) is 107 cm³/mol. The fraction of sp³-hybridized carbons (Fsp3) is 0.238. The molecule has 1 N–H and O–H groups in total. The van der Waals surface area contributed by atoms with Crippen molar-refractivity contribution in [2.24, 2.45) is 0 Å². The van der Waals surface area contributed by atoms with Crippen LogP contribution in [0.4, 0.5) is 11.4 Å². The average molecular weight is 375 g/mol. The lowest BCUT2D eigenvalue weighted by molar-refractivity contribution is -0.119. The number of benzene rings is 1. The van der Waals surface area contributed by atoms with Gasteiger partial charge in [-0.25, -0.2) is 9.67 Å². The first-order chi connectivity index (χ1) is 13.6. The first-order valence-electron chi connectivity index (χ1n) is 9.31. The van der Waals surface area contributed by atoms with E-state index in [1.165, 1.54) is 6.20 Å². The van der Waals surface area contributed by atoms with Gasteiger partial charge in [-0.2, -0.15) is 5.10 Å². The number of aromatic nitrogens is 3. The molecule has 0 radical (unpaired) electrons. The van der Waals surface area contributed by atoms with Crippen molar-refractivity contribution in [2.45, 2.75) is 26.2 Å². The van der Waals surface area contributed by atoms with Gasteiger partial charge in [0.25, 0.3) is 5.91 Å². The van der Waals surface area contributed by atoms with E-state index in [0.717, 1.165) is 18.5 Å². The Morgan fingerprint density at radius 1 is 1.14 bits per heavy atom. The van der Waals surface area contributed by atoms with Gasteiger partial charge < -0.3 is 10.2 Å². The standard InChI is InChI=1S/C21H21N5O2/c1-15-18(14-23-26(15)19-9-2-4-11-22-19)21(28)24-16-7-6-8-17(13-16)25-12-5-3-10-20(25)27/h2,4,6-9,11,13-14H,3,5,10,12H2,1H3,(H,24,28). The molecule has 0 spiro atoms. The van der Waals surface area contributed by atoms with Crippen LogP contribution in [0.15, 0.2) is 54.9 Å². The number of hydrogen-bond acceptors (Lipinski definition) is 4. The van der Waals surface area contributed by atoms with Gasteiger partial charge in [0.05, 0.1) is 17.5 Å². The van der Waals surface area contributed by atoms with Crippen molar-refractivity contribution in [3.8, 4) is 5.82 Å². The lowest BCUT2D eigenvalue weighted by atomic mass is 10.1. The Morgan fingerprint density at radius 2 is 2.04 bits per heavy atom. The van der Waals surface area contributed by atoms with Gasteiger partial charge in [0.1, 0.15) is 0 Å². The topological polar surface area (TPSA) is 80.1 Å². The maximum atomic E-state index is 12.8. The van der Waals surface area contributed by atoms with Crippen LogP contribution in [0, 0.1) is 6.92 Å². The van der Waals surface area contributed by atoms with Gasteiger partial charge in [-0.3, -0.25) is 9.59 Å². The highest BCUT2D eigenvalue weighted by Gasteiger charge is 2.20. The average Bonchev–Trinajstić information content (AvgIpc) is 3.11. The third-order valence-corrected chi connectivity index (χ3v) is 4.86. The van der Waals surface area contributed by atoms with E-state index in [9.17, 15) is 9.59 Å². The molecule has 1 saturated heterocycles. The minimum Gasteiger partial charge on any atom is -0.322 e. The van der Waals surface area contributed by atoms with Crippen LogP contribution in [-0.2, 0) is 4.79 Å². The van der Waals surface area contributed by atoms with Gasteiger partial charge in [-0.05, 0) is 50.1 Å². The molecule has 142 valence electrons. The summed E-state index contributed by atoms with van der Waals surface area (Å²) in [5.41, 5.74) is 2.64. The summed E-state index contributed by atoms with van der Waals surface area (Å²) >= 11 is 0. The quantitative estimate of drug-likeness (QED) is 0.758. The van der Waals surface area contributed by atoms with Crippen LogP contribution >= 0.6 is 0 Å². The van der Waals surface area contributed by atoms with Crippen molar-refractivity contribution >= 4 is 23.2 Å². The second-order valence-electron chi connectivity index (χ2n) is 6.75. The molecule has 2 aromatic heterocycles. The highest BCUT2D eigenvalue weighted by atomic mass is 16.2. The van der Waals surface area contributed by atoms with Gasteiger partial charge in [-0.1, -0.05) is 12.1 Å². The maximum absolute atomic E-state index is 12.8. The van der Waals surface area contributed by atoms with Gasteiger partial charge >= 0.3 is 0 Å². The minimum absolute atomic E-state index is 0.127. The summed E-state index contributed by atoms with van der Waals surface area (Å²) in [5.74, 6) is 0.536. The first kappa shape index (κ1) is 17.9. The molecule has 1 fully saturated rings. The van der Waals surface area contributed by atoms with Crippen LogP contribution < -0.4 is 10.2 Å². The number of carbonyl (C=O) groups is 2. The molecule has 0 bridgehead atoms. The van der Waals surface area contributed by atoms with Crippen molar-refractivity contribution in [2.75, 3.05) is 16.8 Å². The van der Waals surface area contributed by atoms with Gasteiger partial charge in [0, 0.05) is 30.5 Å². The molecule has 28 heavy (non-hydrogen) atoms. The van der Waals surface area contributed by atoms with Crippen molar-refractivity contribution < 1.29 is 9.59 Å². The lowest BCUT2D eigenvalue weighted by Gasteiger charge is -2.27. The number of piperidine rings is 1. The number of carbonyl (C=O) groups excluding carboxylic acids is 2. The normalized spacial score (nSPS) is 14.2. The molecule has 2 amide bonds. The summed E-state index contributed by atoms with van der Waals surface area (Å²) in [6.45, 7) is 2.55. The number of nitrogens with one attached hydrogen (secondary N) is 1. The molecular weight excluding hydrogens is 354 g/mol. The summed E-state index contributed by atoms with van der Waals surface area (Å²) in [6, 6.07) is 12.9. The maximum Gasteiger partial charge on any atom is 0.259 e. The van der Waals surface area contributed by atoms with Gasteiger partial charge in [0.2, 0.25) is 5.91 Å². The summed E-state index contributed by atoms with van der Waals surface area (Å²) in [7, 11) is 0. The second-order valence-corrected chi connectivity index (χ2v) is 6.75. The molecule has 7 nitrogen and oxygen atoms in total. The van der Waals surface area contributed by atoms with E-state index in [4.69, 9.17) is 0 Å². The highest BCUT2D eigenvalue weighted by Crippen LogP contribution is 2.24. The first-order valence-corrected chi connectivity index (χ1v) is 9.31. The molecule has 1 aliphatic rings. The largest absolute Gasteiger partial charge is 0.322 e. The lowest BCUT2D eigenvalue weighted by Crippen LogP contribution is -2.35. The second kappa shape index (κ2) is 7.64. The van der Waals surface area contributed by atoms with E-state index in [1.54, 1.807) is 15.8 Å². The van der Waals surface area contributed by atoms with Gasteiger partial charge in [-0.15, -0.1) is 0 Å². The number of rotatable bonds is 4. The molecule has 1 aromatic carbocycles. The monoisotopic (exact) mass is 375 g/mol. The van der Waals surface area contributed by atoms with Crippen LogP contribution in [0.2, 0.25) is 0 Å². The smallest absolute Gasteiger partial charge is 0.259 e. The van der Waals surface area contributed by atoms with Crippen LogP contribution in [0.5, 0.6) is 0 Å². The molecule has 7 heteroatoms. The fourth-order valence-electron chi connectivity index (χ4n) is 3.37. The SMILES string of the molecule is Cc1c(C(=O)Nc2cccc(N3CCCCC3=O)c2)cnn1-c1ccccn1. The molecule has 0 unspecified atom stereocenters. The summed E-state index contributed by atoms with van der Waals surface area (Å²) in [6.07, 6.45) is 5.73. The highest BCUT2D eigenvalue weighted by molar-refractivity contribution is 6.05. The van der Waals surface area contributed by atoms with Crippen LogP contribution in [0.1, 0.15) is 35.3 Å². The number of amides is 2. The zero-order valence-corrected chi connectivity index (χ0v) is 15.6. The Bertz CT molecular complexity index is 1010. The third-order valence-electron chi connectivity index (χ3n) is 4.86. The number of hydrogen-bond donors (Lipinski definition) is 1. The zero-order chi connectivity index (χ0) is 19.5. The van der Waals surface area contributed by atoms with E-state index >= 15 is 0 Å².